The summed E-state index contributed by atoms with van der Waals surface area (Å²) in [6, 6.07) is 5.39. The molecule has 20 heavy (non-hydrogen) atoms. The van der Waals surface area contributed by atoms with Crippen LogP contribution in [0.5, 0.6) is 5.75 Å². The van der Waals surface area contributed by atoms with Crippen LogP contribution in [-0.4, -0.2) is 37.7 Å². The maximum Gasteiger partial charge on any atom is 0.123 e. The number of nitrogens with zero attached hydrogens (tertiary/aromatic N) is 1. The Bertz CT molecular complexity index is 480. The van der Waals surface area contributed by atoms with Crippen molar-refractivity contribution in [3.05, 3.63) is 29.6 Å². The van der Waals surface area contributed by atoms with E-state index >= 15 is 0 Å². The van der Waals surface area contributed by atoms with E-state index in [0.29, 0.717) is 6.04 Å². The number of nitrogens with one attached hydrogen (secondary N) is 1. The van der Waals surface area contributed by atoms with Crippen LogP contribution in [0.15, 0.2) is 18.2 Å². The van der Waals surface area contributed by atoms with Crippen molar-refractivity contribution in [2.75, 3.05) is 26.7 Å². The quantitative estimate of drug-likeness (QED) is 0.916. The summed E-state index contributed by atoms with van der Waals surface area (Å²) < 4.78 is 18.8. The molecule has 2 aliphatic rings. The number of hydrogen-bond acceptors (Lipinski definition) is 3. The number of methoxy groups -OCH3 is 1. The van der Waals surface area contributed by atoms with E-state index in [9.17, 15) is 4.39 Å². The first-order chi connectivity index (χ1) is 9.67. The van der Waals surface area contributed by atoms with Gasteiger partial charge in [0.25, 0.3) is 0 Å². The summed E-state index contributed by atoms with van der Waals surface area (Å²) in [5, 5.41) is 3.69. The molecule has 3 rings (SSSR count). The van der Waals surface area contributed by atoms with Crippen LogP contribution < -0.4 is 10.1 Å². The highest BCUT2D eigenvalue weighted by Crippen LogP contribution is 2.31. The van der Waals surface area contributed by atoms with Crippen LogP contribution in [0, 0.1) is 11.7 Å². The minimum Gasteiger partial charge on any atom is -0.496 e. The lowest BCUT2D eigenvalue weighted by molar-refractivity contribution is 0.211. The van der Waals surface area contributed by atoms with E-state index in [-0.39, 0.29) is 11.9 Å². The second-order valence-electron chi connectivity index (χ2n) is 6.02. The second-order valence-corrected chi connectivity index (χ2v) is 6.02. The highest BCUT2D eigenvalue weighted by molar-refractivity contribution is 5.36. The maximum atomic E-state index is 13.5. The number of hydrogen-bond donors (Lipinski definition) is 1. The molecule has 2 fully saturated rings. The van der Waals surface area contributed by atoms with Crippen LogP contribution >= 0.6 is 0 Å². The zero-order chi connectivity index (χ0) is 14.1. The van der Waals surface area contributed by atoms with E-state index in [4.69, 9.17) is 4.74 Å². The van der Waals surface area contributed by atoms with Gasteiger partial charge in [0.15, 0.2) is 0 Å². The summed E-state index contributed by atoms with van der Waals surface area (Å²) in [7, 11) is 1.64. The molecular weight excluding hydrogens is 255 g/mol. The Kier molecular flexibility index (Phi) is 3.94. The zero-order valence-electron chi connectivity index (χ0n) is 12.2. The average Bonchev–Trinajstić information content (AvgIpc) is 2.84. The Morgan fingerprint density at radius 3 is 2.95 bits per heavy atom. The van der Waals surface area contributed by atoms with Crippen LogP contribution in [0.3, 0.4) is 0 Å². The van der Waals surface area contributed by atoms with Crippen LogP contribution in [-0.2, 0) is 0 Å². The molecule has 2 heterocycles. The fraction of sp³-hybridized carbons (Fsp3) is 0.625. The van der Waals surface area contributed by atoms with Gasteiger partial charge in [-0.05, 0) is 57.0 Å². The number of rotatable bonds is 4. The Labute approximate surface area is 120 Å². The average molecular weight is 278 g/mol. The third-order valence-corrected chi connectivity index (χ3v) is 4.76. The minimum absolute atomic E-state index is 0.109. The minimum atomic E-state index is -0.204. The number of piperidine rings is 1. The van der Waals surface area contributed by atoms with Gasteiger partial charge < -0.3 is 15.0 Å². The molecular formula is C16H23FN2O. The van der Waals surface area contributed by atoms with Gasteiger partial charge in [-0.25, -0.2) is 4.39 Å². The standard InChI is InChI=1S/C16H23FN2O/c1-11(14-9-13(17)3-4-16(14)20-2)18-15-6-8-19-7-5-12(15)10-19/h3-4,9,11-12,15,18H,5-8,10H2,1-2H3. The molecule has 110 valence electrons. The molecule has 4 heteroatoms. The van der Waals surface area contributed by atoms with E-state index in [1.54, 1.807) is 19.2 Å². The molecule has 0 amide bonds. The fourth-order valence-corrected chi connectivity index (χ4v) is 3.63. The van der Waals surface area contributed by atoms with Gasteiger partial charge in [0, 0.05) is 24.2 Å². The molecule has 2 aliphatic heterocycles. The molecule has 0 aromatic heterocycles. The summed E-state index contributed by atoms with van der Waals surface area (Å²) in [6.07, 6.45) is 2.47. The summed E-state index contributed by atoms with van der Waals surface area (Å²) >= 11 is 0. The van der Waals surface area contributed by atoms with Crippen molar-refractivity contribution in [2.45, 2.75) is 31.8 Å². The third kappa shape index (κ3) is 2.67. The van der Waals surface area contributed by atoms with Gasteiger partial charge in [-0.3, -0.25) is 0 Å². The number of ether oxygens (including phenoxy) is 1. The van der Waals surface area contributed by atoms with Crippen LogP contribution in [0.25, 0.3) is 0 Å². The topological polar surface area (TPSA) is 24.5 Å². The summed E-state index contributed by atoms with van der Waals surface area (Å²) in [6.45, 7) is 5.73. The highest BCUT2D eigenvalue weighted by Gasteiger charge is 2.34. The molecule has 3 nitrogen and oxygen atoms in total. The van der Waals surface area contributed by atoms with Gasteiger partial charge in [-0.1, -0.05) is 0 Å². The van der Waals surface area contributed by atoms with Crippen molar-refractivity contribution in [3.63, 3.8) is 0 Å². The molecule has 1 N–H and O–H groups in total. The third-order valence-electron chi connectivity index (χ3n) is 4.76. The second kappa shape index (κ2) is 5.70. The van der Waals surface area contributed by atoms with Gasteiger partial charge in [0.2, 0.25) is 0 Å². The lowest BCUT2D eigenvalue weighted by Crippen LogP contribution is -2.44. The largest absolute Gasteiger partial charge is 0.496 e. The predicted molar refractivity (Wildman–Crippen MR) is 77.5 cm³/mol. The van der Waals surface area contributed by atoms with Crippen molar-refractivity contribution in [2.24, 2.45) is 5.92 Å². The predicted octanol–water partition coefficient (Wildman–Crippen LogP) is 2.58. The monoisotopic (exact) mass is 278 g/mol. The fourth-order valence-electron chi connectivity index (χ4n) is 3.63. The Balaban J connectivity index is 1.72. The van der Waals surface area contributed by atoms with E-state index in [0.717, 1.165) is 17.2 Å². The lowest BCUT2D eigenvalue weighted by atomic mass is 9.92. The van der Waals surface area contributed by atoms with E-state index < -0.39 is 0 Å². The first-order valence-electron chi connectivity index (χ1n) is 7.49. The van der Waals surface area contributed by atoms with Gasteiger partial charge in [-0.2, -0.15) is 0 Å². The normalized spacial score (nSPS) is 30.2. The molecule has 0 spiro atoms. The van der Waals surface area contributed by atoms with E-state index in [2.05, 4.69) is 17.1 Å². The van der Waals surface area contributed by atoms with Gasteiger partial charge in [0.1, 0.15) is 11.6 Å². The van der Waals surface area contributed by atoms with Crippen molar-refractivity contribution in [1.82, 2.24) is 10.2 Å². The van der Waals surface area contributed by atoms with Crippen molar-refractivity contribution in [1.29, 1.82) is 0 Å². The summed E-state index contributed by atoms with van der Waals surface area (Å²) in [5.41, 5.74) is 0.910. The molecule has 2 saturated heterocycles. The maximum absolute atomic E-state index is 13.5. The van der Waals surface area contributed by atoms with Crippen molar-refractivity contribution < 1.29 is 9.13 Å². The molecule has 4 unspecified atom stereocenters. The van der Waals surface area contributed by atoms with Crippen LogP contribution in [0.1, 0.15) is 31.4 Å². The van der Waals surface area contributed by atoms with Crippen molar-refractivity contribution in [3.8, 4) is 5.75 Å². The molecule has 0 aliphatic carbocycles. The zero-order valence-corrected chi connectivity index (χ0v) is 12.2. The Hall–Kier alpha value is -1.13. The lowest BCUT2D eigenvalue weighted by Gasteiger charge is -2.33. The Morgan fingerprint density at radius 2 is 2.15 bits per heavy atom. The van der Waals surface area contributed by atoms with E-state index in [1.807, 2.05) is 0 Å². The molecule has 1 aromatic carbocycles. The molecule has 0 saturated carbocycles. The van der Waals surface area contributed by atoms with E-state index in [1.165, 1.54) is 38.5 Å². The highest BCUT2D eigenvalue weighted by atomic mass is 19.1. The van der Waals surface area contributed by atoms with Gasteiger partial charge in [-0.15, -0.1) is 0 Å². The summed E-state index contributed by atoms with van der Waals surface area (Å²) in [5.74, 6) is 1.30. The SMILES string of the molecule is COc1ccc(F)cc1C(C)NC1CCN2CCC1C2. The van der Waals surface area contributed by atoms with Gasteiger partial charge in [0.05, 0.1) is 7.11 Å². The number of benzene rings is 1. The molecule has 4 atom stereocenters. The molecule has 2 bridgehead atoms. The molecule has 0 radical (unpaired) electrons. The smallest absolute Gasteiger partial charge is 0.123 e. The first-order valence-corrected chi connectivity index (χ1v) is 7.49. The number of fused-ring (bicyclic) bond motifs is 2. The van der Waals surface area contributed by atoms with Crippen LogP contribution in [0.2, 0.25) is 0 Å². The Morgan fingerprint density at radius 1 is 1.35 bits per heavy atom. The molecule has 1 aromatic rings. The van der Waals surface area contributed by atoms with Crippen LogP contribution in [0.4, 0.5) is 4.39 Å². The first kappa shape index (κ1) is 13.8. The number of halogens is 1. The van der Waals surface area contributed by atoms with Gasteiger partial charge >= 0.3 is 0 Å². The van der Waals surface area contributed by atoms with Crippen molar-refractivity contribution >= 4 is 0 Å². The summed E-state index contributed by atoms with van der Waals surface area (Å²) in [4.78, 5) is 2.54.